The summed E-state index contributed by atoms with van der Waals surface area (Å²) in [6, 6.07) is 7.40. The predicted octanol–water partition coefficient (Wildman–Crippen LogP) is 0.624. The zero-order chi connectivity index (χ0) is 16.2. The van der Waals surface area contributed by atoms with Crippen molar-refractivity contribution in [1.82, 2.24) is 5.32 Å². The van der Waals surface area contributed by atoms with Crippen LogP contribution in [0.2, 0.25) is 0 Å². The molecule has 1 aliphatic heterocycles. The van der Waals surface area contributed by atoms with Crippen LogP contribution in [0.5, 0.6) is 5.75 Å². The fourth-order valence-electron chi connectivity index (χ4n) is 2.32. The minimum absolute atomic E-state index is 0.0246. The fraction of sp³-hybridized carbons (Fsp3) is 0.438. The second kappa shape index (κ2) is 6.68. The largest absolute Gasteiger partial charge is 0.482 e. The lowest BCUT2D eigenvalue weighted by Crippen LogP contribution is -2.40. The molecule has 0 spiro atoms. The molecule has 0 aromatic heterocycles. The summed E-state index contributed by atoms with van der Waals surface area (Å²) in [6.07, 6.45) is 1.99. The topological polar surface area (TPSA) is 84.9 Å². The standard InChI is InChI=1S/C16H18N2O5/c19-14(17-11-5-6-11)9-23-16(21)7-8-18-12-3-1-2-4-13(12)22-10-15(18)20/h1-4,11H,5-10H2,(H,17,19). The van der Waals surface area contributed by atoms with Crippen LogP contribution in [0.4, 0.5) is 5.69 Å². The van der Waals surface area contributed by atoms with Crippen LogP contribution in [0.25, 0.3) is 0 Å². The molecular formula is C16H18N2O5. The molecule has 1 N–H and O–H groups in total. The van der Waals surface area contributed by atoms with Gasteiger partial charge >= 0.3 is 5.97 Å². The summed E-state index contributed by atoms with van der Waals surface area (Å²) in [4.78, 5) is 36.6. The maximum Gasteiger partial charge on any atom is 0.308 e. The third kappa shape index (κ3) is 4.00. The summed E-state index contributed by atoms with van der Waals surface area (Å²) in [6.45, 7) is -0.124. The van der Waals surface area contributed by atoms with Gasteiger partial charge in [0.2, 0.25) is 0 Å². The molecule has 7 nitrogen and oxygen atoms in total. The predicted molar refractivity (Wildman–Crippen MR) is 81.0 cm³/mol. The summed E-state index contributed by atoms with van der Waals surface area (Å²) in [5.41, 5.74) is 0.642. The summed E-state index contributed by atoms with van der Waals surface area (Å²) < 4.78 is 10.3. The summed E-state index contributed by atoms with van der Waals surface area (Å²) in [7, 11) is 0. The average molecular weight is 318 g/mol. The number of benzene rings is 1. The Labute approximate surface area is 133 Å². The van der Waals surface area contributed by atoms with Gasteiger partial charge in [-0.2, -0.15) is 0 Å². The van der Waals surface area contributed by atoms with Crippen LogP contribution in [0, 0.1) is 0 Å². The number of nitrogens with one attached hydrogen (secondary N) is 1. The second-order valence-corrected chi connectivity index (χ2v) is 5.55. The number of para-hydroxylation sites is 2. The van der Waals surface area contributed by atoms with Crippen LogP contribution in [-0.2, 0) is 19.1 Å². The van der Waals surface area contributed by atoms with Gasteiger partial charge < -0.3 is 19.7 Å². The van der Waals surface area contributed by atoms with Gasteiger partial charge in [0, 0.05) is 12.6 Å². The van der Waals surface area contributed by atoms with Gasteiger partial charge in [-0.1, -0.05) is 12.1 Å². The van der Waals surface area contributed by atoms with Crippen molar-refractivity contribution in [2.45, 2.75) is 25.3 Å². The van der Waals surface area contributed by atoms with E-state index >= 15 is 0 Å². The highest BCUT2D eigenvalue weighted by Gasteiger charge is 2.26. The van der Waals surface area contributed by atoms with Gasteiger partial charge in [-0.25, -0.2) is 0 Å². The number of ether oxygens (including phenoxy) is 2. The molecule has 2 aliphatic rings. The summed E-state index contributed by atoms with van der Waals surface area (Å²) >= 11 is 0. The molecule has 1 heterocycles. The van der Waals surface area contributed by atoms with Crippen molar-refractivity contribution in [2.24, 2.45) is 0 Å². The van der Waals surface area contributed by atoms with E-state index in [9.17, 15) is 14.4 Å². The highest BCUT2D eigenvalue weighted by Crippen LogP contribution is 2.31. The number of hydrogen-bond acceptors (Lipinski definition) is 5. The number of carbonyl (C=O) groups excluding carboxylic acids is 3. The third-order valence-electron chi connectivity index (χ3n) is 3.65. The van der Waals surface area contributed by atoms with E-state index in [2.05, 4.69) is 5.32 Å². The number of fused-ring (bicyclic) bond motifs is 1. The van der Waals surface area contributed by atoms with Crippen LogP contribution >= 0.6 is 0 Å². The molecule has 1 aromatic carbocycles. The molecule has 0 radical (unpaired) electrons. The van der Waals surface area contributed by atoms with Crippen LogP contribution in [0.15, 0.2) is 24.3 Å². The number of anilines is 1. The second-order valence-electron chi connectivity index (χ2n) is 5.55. The zero-order valence-electron chi connectivity index (χ0n) is 12.6. The Balaban J connectivity index is 1.48. The smallest absolute Gasteiger partial charge is 0.308 e. The Morgan fingerprint density at radius 3 is 2.87 bits per heavy atom. The number of esters is 1. The van der Waals surface area contributed by atoms with Gasteiger partial charge in [0.25, 0.3) is 11.8 Å². The lowest BCUT2D eigenvalue weighted by molar-refractivity contribution is -0.148. The Hall–Kier alpha value is -2.57. The van der Waals surface area contributed by atoms with Crippen molar-refractivity contribution in [3.63, 3.8) is 0 Å². The first-order chi connectivity index (χ1) is 11.1. The van der Waals surface area contributed by atoms with Crippen LogP contribution in [-0.4, -0.2) is 43.6 Å². The van der Waals surface area contributed by atoms with Crippen molar-refractivity contribution in [3.8, 4) is 5.75 Å². The lowest BCUT2D eigenvalue weighted by Gasteiger charge is -2.28. The van der Waals surface area contributed by atoms with Gasteiger partial charge in [-0.15, -0.1) is 0 Å². The van der Waals surface area contributed by atoms with E-state index in [-0.39, 0.29) is 44.0 Å². The molecule has 122 valence electrons. The van der Waals surface area contributed by atoms with Gasteiger partial charge in [-0.05, 0) is 25.0 Å². The number of amides is 2. The molecule has 1 fully saturated rings. The zero-order valence-corrected chi connectivity index (χ0v) is 12.6. The van der Waals surface area contributed by atoms with E-state index in [1.165, 1.54) is 4.90 Å². The maximum absolute atomic E-state index is 11.9. The monoisotopic (exact) mass is 318 g/mol. The maximum atomic E-state index is 11.9. The molecule has 0 atom stereocenters. The minimum atomic E-state index is -0.507. The highest BCUT2D eigenvalue weighted by atomic mass is 16.5. The molecule has 1 saturated carbocycles. The van der Waals surface area contributed by atoms with E-state index in [1.807, 2.05) is 6.07 Å². The number of rotatable bonds is 6. The quantitative estimate of drug-likeness (QED) is 0.777. The Morgan fingerprint density at radius 1 is 1.30 bits per heavy atom. The number of nitrogens with zero attached hydrogens (tertiary/aromatic N) is 1. The van der Waals surface area contributed by atoms with E-state index in [0.29, 0.717) is 11.4 Å². The van der Waals surface area contributed by atoms with Crippen molar-refractivity contribution in [1.29, 1.82) is 0 Å². The Morgan fingerprint density at radius 2 is 2.09 bits per heavy atom. The highest BCUT2D eigenvalue weighted by molar-refractivity contribution is 5.98. The molecule has 1 aliphatic carbocycles. The normalized spacial score (nSPS) is 16.3. The van der Waals surface area contributed by atoms with E-state index in [1.54, 1.807) is 18.2 Å². The molecule has 23 heavy (non-hydrogen) atoms. The van der Waals surface area contributed by atoms with E-state index in [0.717, 1.165) is 12.8 Å². The van der Waals surface area contributed by atoms with E-state index < -0.39 is 5.97 Å². The van der Waals surface area contributed by atoms with Gasteiger partial charge in [0.1, 0.15) is 5.75 Å². The van der Waals surface area contributed by atoms with Gasteiger partial charge in [-0.3, -0.25) is 14.4 Å². The number of hydrogen-bond donors (Lipinski definition) is 1. The van der Waals surface area contributed by atoms with Crippen LogP contribution in [0.1, 0.15) is 19.3 Å². The molecule has 0 unspecified atom stereocenters. The number of carbonyl (C=O) groups is 3. The van der Waals surface area contributed by atoms with Gasteiger partial charge in [0.05, 0.1) is 12.1 Å². The first-order valence-electron chi connectivity index (χ1n) is 7.60. The molecule has 0 bridgehead atoms. The average Bonchev–Trinajstić information content (AvgIpc) is 3.36. The Kier molecular flexibility index (Phi) is 4.45. The molecule has 7 heteroatoms. The van der Waals surface area contributed by atoms with Crippen molar-refractivity contribution in [3.05, 3.63) is 24.3 Å². The van der Waals surface area contributed by atoms with Crippen molar-refractivity contribution in [2.75, 3.05) is 24.7 Å². The van der Waals surface area contributed by atoms with Crippen molar-refractivity contribution >= 4 is 23.5 Å². The van der Waals surface area contributed by atoms with Crippen molar-refractivity contribution < 1.29 is 23.9 Å². The van der Waals surface area contributed by atoms with Gasteiger partial charge in [0.15, 0.2) is 13.2 Å². The van der Waals surface area contributed by atoms with E-state index in [4.69, 9.17) is 9.47 Å². The first-order valence-corrected chi connectivity index (χ1v) is 7.60. The fourth-order valence-corrected chi connectivity index (χ4v) is 2.32. The van der Waals surface area contributed by atoms with Crippen LogP contribution < -0.4 is 15.0 Å². The minimum Gasteiger partial charge on any atom is -0.482 e. The third-order valence-corrected chi connectivity index (χ3v) is 3.65. The Bertz CT molecular complexity index is 627. The van der Waals surface area contributed by atoms with Crippen LogP contribution in [0.3, 0.4) is 0 Å². The summed E-state index contributed by atoms with van der Waals surface area (Å²) in [5, 5.41) is 2.74. The lowest BCUT2D eigenvalue weighted by atomic mass is 10.2. The summed E-state index contributed by atoms with van der Waals surface area (Å²) in [5.74, 6) is -0.381. The SMILES string of the molecule is O=C(COC(=O)CCN1C(=O)COc2ccccc21)NC1CC1. The molecule has 0 saturated heterocycles. The molecule has 3 rings (SSSR count). The molecule has 1 aromatic rings. The first kappa shape index (κ1) is 15.3. The molecular weight excluding hydrogens is 300 g/mol. The molecule has 2 amide bonds.